The van der Waals surface area contributed by atoms with Crippen LogP contribution in [0.3, 0.4) is 0 Å². The predicted octanol–water partition coefficient (Wildman–Crippen LogP) is -9.47. The van der Waals surface area contributed by atoms with Crippen molar-refractivity contribution >= 4 is 76.9 Å². The molecule has 0 radical (unpaired) electrons. The second-order valence-corrected chi connectivity index (χ2v) is 19.4. The summed E-state index contributed by atoms with van der Waals surface area (Å²) >= 11 is 0. The number of carbonyl (C=O) groups excluding carboxylic acids is 11. The molecule has 2 heterocycles. The molecule has 33 heteroatoms. The van der Waals surface area contributed by atoms with Gasteiger partial charge in [0, 0.05) is 19.6 Å². The van der Waals surface area contributed by atoms with E-state index in [0.29, 0.717) is 18.4 Å². The van der Waals surface area contributed by atoms with E-state index in [0.717, 1.165) is 18.7 Å². The van der Waals surface area contributed by atoms with Gasteiger partial charge in [-0.25, -0.2) is 4.79 Å². The molecule has 0 unspecified atom stereocenters. The summed E-state index contributed by atoms with van der Waals surface area (Å²) in [6, 6.07) is -7.88. The molecule has 1 aromatic carbocycles. The van der Waals surface area contributed by atoms with Crippen molar-refractivity contribution in [2.45, 2.75) is 145 Å². The third-order valence-electron chi connectivity index (χ3n) is 12.9. The van der Waals surface area contributed by atoms with Crippen LogP contribution in [0.1, 0.15) is 71.3 Å². The number of amides is 11. The molecule has 22 N–H and O–H groups in total. The predicted molar refractivity (Wildman–Crippen MR) is 280 cm³/mol. The van der Waals surface area contributed by atoms with Crippen LogP contribution in [0.2, 0.25) is 0 Å². The normalized spacial score (nSPS) is 18.5. The smallest absolute Gasteiger partial charge is 0.326 e. The van der Waals surface area contributed by atoms with E-state index in [-0.39, 0.29) is 63.4 Å². The van der Waals surface area contributed by atoms with Crippen LogP contribution in [-0.4, -0.2) is 229 Å². The van der Waals surface area contributed by atoms with Crippen molar-refractivity contribution in [1.29, 1.82) is 0 Å². The van der Waals surface area contributed by atoms with Crippen LogP contribution in [0.4, 0.5) is 0 Å². The number of aromatic hydroxyl groups is 1. The first-order chi connectivity index (χ1) is 38.1. The van der Waals surface area contributed by atoms with Crippen molar-refractivity contribution < 1.29 is 88.2 Å². The Hall–Kier alpha value is -8.27. The van der Waals surface area contributed by atoms with E-state index in [9.17, 15) is 88.2 Å². The standard InChI is InChI=1S/C48H75N15O18/c1-22(65)36(43(76)55-19-34(70)56-30(21-64)39(72)54-20-35(71)59-38(24(3)67)46(79)63-16-6-9-32(63)47(80)81)60-41(74)29(18-33(50)69)58-44(77)37(23(2)66)61-40(73)28(7-4-14-53-48(51)52)57-42(75)31-8-5-15-62(31)45(78)27(49)17-25-10-12-26(68)13-11-25/h10-13,22-24,27-32,36-38,64-68H,4-9,14-21,49H2,1-3H3,(H2,50,69)(H,54,72)(H,55,76)(H,56,70)(H,57,75)(H,58,77)(H,59,71)(H,60,74)(H,61,73)(H,80,81)(H4,51,52,53)/t22-,23-,24-,27+,28+,29+,30+,31+,32+,36+,37+,38+/m1/s1. The van der Waals surface area contributed by atoms with Gasteiger partial charge in [0.25, 0.3) is 0 Å². The molecule has 12 atom stereocenters. The van der Waals surface area contributed by atoms with Gasteiger partial charge in [-0.15, -0.1) is 0 Å². The second kappa shape index (κ2) is 32.1. The van der Waals surface area contributed by atoms with Crippen LogP contribution < -0.4 is 65.5 Å². The Morgan fingerprint density at radius 3 is 1.68 bits per heavy atom. The topological polar surface area (TPSA) is 545 Å². The number of aliphatic imine (C=N–C) groups is 1. The van der Waals surface area contributed by atoms with Crippen LogP contribution in [0.25, 0.3) is 0 Å². The van der Waals surface area contributed by atoms with Gasteiger partial charge < -0.3 is 106 Å². The number of carboxylic acid groups (broad SMARTS) is 1. The molecule has 11 amide bonds. The number of aliphatic carboxylic acids is 1. The van der Waals surface area contributed by atoms with E-state index in [2.05, 4.69) is 47.5 Å². The quantitative estimate of drug-likeness (QED) is 0.0186. The van der Waals surface area contributed by atoms with Crippen LogP contribution in [0.5, 0.6) is 5.75 Å². The van der Waals surface area contributed by atoms with E-state index >= 15 is 0 Å². The zero-order chi connectivity index (χ0) is 60.8. The van der Waals surface area contributed by atoms with Gasteiger partial charge in [-0.3, -0.25) is 57.7 Å². The van der Waals surface area contributed by atoms with Crippen molar-refractivity contribution in [3.05, 3.63) is 29.8 Å². The number of carbonyl (C=O) groups is 12. The molecule has 2 aliphatic heterocycles. The van der Waals surface area contributed by atoms with Crippen molar-refractivity contribution in [2.24, 2.45) is 27.9 Å². The molecule has 0 bridgehead atoms. The SMILES string of the molecule is C[C@@H](O)[C@H](NC(=O)[C@H](CC(N)=O)NC(=O)[C@@H](NC(=O)[C@H](CCCN=C(N)N)NC(=O)[C@@H]1CCCN1C(=O)[C@@H](N)Cc1ccc(O)cc1)[C@@H](C)O)C(=O)NCC(=O)N[C@@H](CO)C(=O)NCC(=O)N[C@H](C(=O)N1CCC[C@H]1C(=O)O)[C@@H](C)O. The van der Waals surface area contributed by atoms with E-state index < -0.39 is 170 Å². The fourth-order valence-corrected chi connectivity index (χ4v) is 8.61. The van der Waals surface area contributed by atoms with Gasteiger partial charge in [-0.2, -0.15) is 0 Å². The average Bonchev–Trinajstić information content (AvgIpc) is 4.20. The first kappa shape index (κ1) is 67.0. The minimum Gasteiger partial charge on any atom is -0.508 e. The van der Waals surface area contributed by atoms with Crippen molar-refractivity contribution in [3.63, 3.8) is 0 Å². The zero-order valence-corrected chi connectivity index (χ0v) is 44.9. The Balaban J connectivity index is 1.65. The third kappa shape index (κ3) is 21.0. The monoisotopic (exact) mass is 1150 g/mol. The maximum atomic E-state index is 13.9. The lowest BCUT2D eigenvalue weighted by Crippen LogP contribution is -2.62. The number of benzene rings is 1. The molecule has 0 aliphatic carbocycles. The van der Waals surface area contributed by atoms with Gasteiger partial charge >= 0.3 is 5.97 Å². The van der Waals surface area contributed by atoms with Crippen LogP contribution >= 0.6 is 0 Å². The molecule has 2 saturated heterocycles. The fraction of sp³-hybridized carbons (Fsp3) is 0.604. The number of aliphatic hydroxyl groups is 4. The number of carboxylic acids is 1. The molecule has 81 heavy (non-hydrogen) atoms. The largest absolute Gasteiger partial charge is 0.508 e. The first-order valence-electron chi connectivity index (χ1n) is 25.8. The summed E-state index contributed by atoms with van der Waals surface area (Å²) in [6.07, 6.45) is -4.80. The van der Waals surface area contributed by atoms with Crippen molar-refractivity contribution in [2.75, 3.05) is 39.3 Å². The van der Waals surface area contributed by atoms with Crippen LogP contribution in [-0.2, 0) is 64.0 Å². The Kier molecular flexibility index (Phi) is 26.6. The van der Waals surface area contributed by atoms with Crippen molar-refractivity contribution in [3.8, 4) is 5.75 Å². The van der Waals surface area contributed by atoms with Crippen molar-refractivity contribution in [1.82, 2.24) is 52.3 Å². The summed E-state index contributed by atoms with van der Waals surface area (Å²) in [5, 5.41) is 77.9. The van der Waals surface area contributed by atoms with Gasteiger partial charge in [0.2, 0.25) is 65.0 Å². The summed E-state index contributed by atoms with van der Waals surface area (Å²) in [5.41, 5.74) is 23.1. The third-order valence-corrected chi connectivity index (χ3v) is 12.9. The van der Waals surface area contributed by atoms with Gasteiger partial charge in [-0.1, -0.05) is 12.1 Å². The molecule has 450 valence electrons. The zero-order valence-electron chi connectivity index (χ0n) is 44.9. The van der Waals surface area contributed by atoms with E-state index in [1.54, 1.807) is 12.1 Å². The highest BCUT2D eigenvalue weighted by Gasteiger charge is 2.41. The summed E-state index contributed by atoms with van der Waals surface area (Å²) in [7, 11) is 0. The minimum absolute atomic E-state index is 0.00928. The maximum absolute atomic E-state index is 13.9. The number of nitrogens with two attached hydrogens (primary N) is 4. The number of rotatable bonds is 31. The number of hydrogen-bond donors (Lipinski definition) is 18. The molecule has 0 spiro atoms. The number of guanidine groups is 1. The van der Waals surface area contributed by atoms with E-state index in [1.807, 2.05) is 0 Å². The van der Waals surface area contributed by atoms with Gasteiger partial charge in [-0.05, 0) is 83.4 Å². The average molecular weight is 1150 g/mol. The molecule has 33 nitrogen and oxygen atoms in total. The molecule has 1 aromatic rings. The molecule has 2 aliphatic rings. The Labute approximate surface area is 464 Å². The minimum atomic E-state index is -1.95. The molecule has 3 rings (SSSR count). The Morgan fingerprint density at radius 1 is 0.630 bits per heavy atom. The molecule has 0 saturated carbocycles. The number of likely N-dealkylation sites (tertiary alicyclic amines) is 2. The lowest BCUT2D eigenvalue weighted by molar-refractivity contribution is -0.150. The molecule has 0 aromatic heterocycles. The lowest BCUT2D eigenvalue weighted by atomic mass is 10.0. The number of aliphatic hydroxyl groups excluding tert-OH is 4. The number of nitrogens with zero attached hydrogens (tertiary/aromatic N) is 3. The Bertz CT molecular complexity index is 2460. The van der Waals surface area contributed by atoms with Gasteiger partial charge in [0.1, 0.15) is 54.1 Å². The summed E-state index contributed by atoms with van der Waals surface area (Å²) in [4.78, 5) is 163. The number of primary amides is 1. The highest BCUT2D eigenvalue weighted by atomic mass is 16.4. The Morgan fingerprint density at radius 2 is 1.15 bits per heavy atom. The maximum Gasteiger partial charge on any atom is 0.326 e. The summed E-state index contributed by atoms with van der Waals surface area (Å²) in [5.74, 6) is -13.1. The number of phenols is 1. The second-order valence-electron chi connectivity index (χ2n) is 19.4. The highest BCUT2D eigenvalue weighted by Crippen LogP contribution is 2.22. The highest BCUT2D eigenvalue weighted by molar-refractivity contribution is 5.99. The summed E-state index contributed by atoms with van der Waals surface area (Å²) < 4.78 is 0. The fourth-order valence-electron chi connectivity index (χ4n) is 8.61. The molecular formula is C48H75N15O18. The van der Waals surface area contributed by atoms with E-state index in [4.69, 9.17) is 22.9 Å². The van der Waals surface area contributed by atoms with Crippen LogP contribution in [0, 0.1) is 0 Å². The number of hydrogen-bond acceptors (Lipinski definition) is 19. The number of phenolic OH excluding ortho intramolecular Hbond substituents is 1. The lowest BCUT2D eigenvalue weighted by Gasteiger charge is -2.30. The van der Waals surface area contributed by atoms with Gasteiger partial charge in [0.05, 0.1) is 50.5 Å². The molecule has 2 fully saturated rings. The van der Waals surface area contributed by atoms with Crippen LogP contribution in [0.15, 0.2) is 29.3 Å². The van der Waals surface area contributed by atoms with Gasteiger partial charge in [0.15, 0.2) is 5.96 Å². The molecular weight excluding hydrogens is 1070 g/mol. The van der Waals surface area contributed by atoms with E-state index in [1.165, 1.54) is 24.0 Å². The summed E-state index contributed by atoms with van der Waals surface area (Å²) in [6.45, 7) is 0.634. The number of nitrogens with one attached hydrogen (secondary N) is 8. The first-order valence-corrected chi connectivity index (χ1v) is 25.8.